The smallest absolute Gasteiger partial charge is 0.132 e. The predicted molar refractivity (Wildman–Crippen MR) is 68.8 cm³/mol. The number of rotatable bonds is 2. The molecule has 4 heteroatoms. The van der Waals surface area contributed by atoms with Gasteiger partial charge in [0.05, 0.1) is 0 Å². The Morgan fingerprint density at radius 1 is 1.19 bits per heavy atom. The van der Waals surface area contributed by atoms with Crippen LogP contribution in [0.5, 0.6) is 0 Å². The third-order valence-electron chi connectivity index (χ3n) is 2.04. The zero-order valence-electron chi connectivity index (χ0n) is 8.44. The summed E-state index contributed by atoms with van der Waals surface area (Å²) in [4.78, 5) is 4.12. The Labute approximate surface area is 102 Å². The van der Waals surface area contributed by atoms with Crippen molar-refractivity contribution in [3.63, 3.8) is 0 Å². The Hall–Kier alpha value is -1.68. The SMILES string of the molecule is N=C(Nc1cc(Br)ccn1)c1ccccc1. The molecule has 80 valence electrons. The molecule has 0 unspecified atom stereocenters. The molecule has 2 N–H and O–H groups in total. The average molecular weight is 276 g/mol. The van der Waals surface area contributed by atoms with Crippen molar-refractivity contribution in [1.82, 2.24) is 4.98 Å². The second kappa shape index (κ2) is 4.90. The molecule has 0 spiro atoms. The molecular formula is C12H10BrN3. The van der Waals surface area contributed by atoms with Crippen molar-refractivity contribution in [3.8, 4) is 0 Å². The number of halogens is 1. The summed E-state index contributed by atoms with van der Waals surface area (Å²) in [5.74, 6) is 0.995. The largest absolute Gasteiger partial charge is 0.325 e. The second-order valence-electron chi connectivity index (χ2n) is 3.23. The molecule has 16 heavy (non-hydrogen) atoms. The van der Waals surface area contributed by atoms with E-state index in [2.05, 4.69) is 26.2 Å². The van der Waals surface area contributed by atoms with Crippen LogP contribution in [0.2, 0.25) is 0 Å². The molecule has 2 rings (SSSR count). The average Bonchev–Trinajstić information content (AvgIpc) is 2.30. The van der Waals surface area contributed by atoms with Gasteiger partial charge >= 0.3 is 0 Å². The van der Waals surface area contributed by atoms with Gasteiger partial charge in [-0.15, -0.1) is 0 Å². The van der Waals surface area contributed by atoms with Gasteiger partial charge in [0.25, 0.3) is 0 Å². The summed E-state index contributed by atoms with van der Waals surface area (Å²) >= 11 is 3.36. The number of hydrogen-bond donors (Lipinski definition) is 2. The fraction of sp³-hybridized carbons (Fsp3) is 0. The van der Waals surface area contributed by atoms with Gasteiger partial charge in [0.2, 0.25) is 0 Å². The lowest BCUT2D eigenvalue weighted by atomic mass is 10.2. The zero-order chi connectivity index (χ0) is 11.4. The van der Waals surface area contributed by atoms with Crippen molar-refractivity contribution < 1.29 is 0 Å². The quantitative estimate of drug-likeness (QED) is 0.653. The van der Waals surface area contributed by atoms with Crippen LogP contribution in [-0.4, -0.2) is 10.8 Å². The lowest BCUT2D eigenvalue weighted by Gasteiger charge is -2.06. The molecule has 0 bridgehead atoms. The van der Waals surface area contributed by atoms with E-state index in [4.69, 9.17) is 5.41 Å². The van der Waals surface area contributed by atoms with Crippen LogP contribution >= 0.6 is 15.9 Å². The first-order valence-corrected chi connectivity index (χ1v) is 5.57. The minimum absolute atomic E-state index is 0.339. The van der Waals surface area contributed by atoms with E-state index in [1.807, 2.05) is 42.5 Å². The molecule has 0 aliphatic heterocycles. The molecule has 0 saturated heterocycles. The van der Waals surface area contributed by atoms with Gasteiger partial charge in [-0.2, -0.15) is 0 Å². The molecule has 0 aliphatic carbocycles. The van der Waals surface area contributed by atoms with Crippen LogP contribution in [0.4, 0.5) is 5.82 Å². The summed E-state index contributed by atoms with van der Waals surface area (Å²) in [6.45, 7) is 0. The van der Waals surface area contributed by atoms with Gasteiger partial charge in [-0.05, 0) is 12.1 Å². The molecule has 1 aromatic heterocycles. The maximum absolute atomic E-state index is 7.87. The first kappa shape index (κ1) is 10.8. The number of nitrogens with one attached hydrogen (secondary N) is 2. The fourth-order valence-electron chi connectivity index (χ4n) is 1.28. The summed E-state index contributed by atoms with van der Waals surface area (Å²) in [6.07, 6.45) is 1.69. The minimum atomic E-state index is 0.339. The Morgan fingerprint density at radius 2 is 1.94 bits per heavy atom. The van der Waals surface area contributed by atoms with Crippen LogP contribution in [-0.2, 0) is 0 Å². The number of amidine groups is 1. The first-order valence-electron chi connectivity index (χ1n) is 4.78. The highest BCUT2D eigenvalue weighted by Crippen LogP contribution is 2.13. The Balaban J connectivity index is 2.14. The predicted octanol–water partition coefficient (Wildman–Crippen LogP) is 3.28. The van der Waals surface area contributed by atoms with Crippen LogP contribution in [0.1, 0.15) is 5.56 Å². The minimum Gasteiger partial charge on any atom is -0.325 e. The molecule has 1 aromatic carbocycles. The van der Waals surface area contributed by atoms with Gasteiger partial charge in [-0.3, -0.25) is 5.41 Å². The van der Waals surface area contributed by atoms with Crippen LogP contribution in [0, 0.1) is 5.41 Å². The maximum atomic E-state index is 7.87. The first-order chi connectivity index (χ1) is 7.75. The van der Waals surface area contributed by atoms with Gasteiger partial charge in [-0.1, -0.05) is 46.3 Å². The highest BCUT2D eigenvalue weighted by Gasteiger charge is 2.01. The molecule has 3 nitrogen and oxygen atoms in total. The van der Waals surface area contributed by atoms with Crippen LogP contribution in [0.3, 0.4) is 0 Å². The van der Waals surface area contributed by atoms with Crippen molar-refractivity contribution in [2.24, 2.45) is 0 Å². The van der Waals surface area contributed by atoms with Crippen molar-refractivity contribution in [2.75, 3.05) is 5.32 Å². The van der Waals surface area contributed by atoms with Crippen molar-refractivity contribution in [3.05, 3.63) is 58.7 Å². The molecule has 0 fully saturated rings. The van der Waals surface area contributed by atoms with Gasteiger partial charge in [0.1, 0.15) is 11.7 Å². The normalized spacial score (nSPS) is 9.81. The van der Waals surface area contributed by atoms with Crippen LogP contribution in [0.15, 0.2) is 53.1 Å². The molecule has 0 amide bonds. The van der Waals surface area contributed by atoms with Crippen molar-refractivity contribution >= 4 is 27.6 Å². The molecule has 0 radical (unpaired) electrons. The molecule has 1 heterocycles. The summed E-state index contributed by atoms with van der Waals surface area (Å²) in [6, 6.07) is 13.2. The number of anilines is 1. The van der Waals surface area contributed by atoms with Crippen LogP contribution in [0.25, 0.3) is 0 Å². The van der Waals surface area contributed by atoms with Crippen LogP contribution < -0.4 is 5.32 Å². The highest BCUT2D eigenvalue weighted by atomic mass is 79.9. The van der Waals surface area contributed by atoms with Crippen molar-refractivity contribution in [2.45, 2.75) is 0 Å². The molecule has 0 atom stereocenters. The Morgan fingerprint density at radius 3 is 2.62 bits per heavy atom. The third-order valence-corrected chi connectivity index (χ3v) is 2.53. The lowest BCUT2D eigenvalue weighted by Crippen LogP contribution is -2.12. The number of aromatic nitrogens is 1. The van der Waals surface area contributed by atoms with E-state index in [0.717, 1.165) is 10.0 Å². The van der Waals surface area contributed by atoms with Gasteiger partial charge in [0.15, 0.2) is 0 Å². The summed E-state index contributed by atoms with van der Waals surface area (Å²) < 4.78 is 0.936. The van der Waals surface area contributed by atoms with Gasteiger partial charge in [0, 0.05) is 16.2 Å². The van der Waals surface area contributed by atoms with Gasteiger partial charge in [-0.25, -0.2) is 4.98 Å². The third kappa shape index (κ3) is 2.67. The number of nitrogens with zero attached hydrogens (tertiary/aromatic N) is 1. The van der Waals surface area contributed by atoms with E-state index in [-0.39, 0.29) is 0 Å². The standard InChI is InChI=1S/C12H10BrN3/c13-10-6-7-15-11(8-10)16-12(14)9-4-2-1-3-5-9/h1-8H,(H2,14,15,16). The Kier molecular flexibility index (Phi) is 3.31. The number of benzene rings is 1. The number of pyridine rings is 1. The van der Waals surface area contributed by atoms with E-state index in [1.165, 1.54) is 0 Å². The summed E-state index contributed by atoms with van der Waals surface area (Å²) in [5, 5.41) is 10.8. The molecule has 0 aliphatic rings. The number of hydrogen-bond acceptors (Lipinski definition) is 2. The van der Waals surface area contributed by atoms with E-state index >= 15 is 0 Å². The van der Waals surface area contributed by atoms with E-state index in [9.17, 15) is 0 Å². The molecular weight excluding hydrogens is 266 g/mol. The van der Waals surface area contributed by atoms with E-state index < -0.39 is 0 Å². The monoisotopic (exact) mass is 275 g/mol. The van der Waals surface area contributed by atoms with E-state index in [1.54, 1.807) is 6.20 Å². The summed E-state index contributed by atoms with van der Waals surface area (Å²) in [5.41, 5.74) is 0.837. The summed E-state index contributed by atoms with van der Waals surface area (Å²) in [7, 11) is 0. The maximum Gasteiger partial charge on any atom is 0.132 e. The molecule has 0 saturated carbocycles. The van der Waals surface area contributed by atoms with E-state index in [0.29, 0.717) is 11.7 Å². The zero-order valence-corrected chi connectivity index (χ0v) is 10.0. The second-order valence-corrected chi connectivity index (χ2v) is 4.14. The molecule has 2 aromatic rings. The highest BCUT2D eigenvalue weighted by molar-refractivity contribution is 9.10. The fourth-order valence-corrected chi connectivity index (χ4v) is 1.61. The lowest BCUT2D eigenvalue weighted by molar-refractivity contribution is 1.30. The van der Waals surface area contributed by atoms with Crippen molar-refractivity contribution in [1.29, 1.82) is 5.41 Å². The topological polar surface area (TPSA) is 48.8 Å². The Bertz CT molecular complexity index is 497. The van der Waals surface area contributed by atoms with Gasteiger partial charge < -0.3 is 5.32 Å².